The summed E-state index contributed by atoms with van der Waals surface area (Å²) >= 11 is 0. The second-order valence-electron chi connectivity index (χ2n) is 5.73. The van der Waals surface area contributed by atoms with Crippen LogP contribution < -0.4 is 5.32 Å². The lowest BCUT2D eigenvalue weighted by atomic mass is 9.95. The van der Waals surface area contributed by atoms with Gasteiger partial charge < -0.3 is 15.2 Å². The van der Waals surface area contributed by atoms with Crippen molar-refractivity contribution in [1.29, 1.82) is 0 Å². The van der Waals surface area contributed by atoms with Gasteiger partial charge in [0, 0.05) is 31.7 Å². The quantitative estimate of drug-likeness (QED) is 0.812. The first kappa shape index (κ1) is 16.5. The zero-order chi connectivity index (χ0) is 15.8. The molecule has 0 atom stereocenters. The molecule has 0 aromatic heterocycles. The summed E-state index contributed by atoms with van der Waals surface area (Å²) in [6.45, 7) is 1.62. The summed E-state index contributed by atoms with van der Waals surface area (Å²) in [5.41, 5.74) is 1.72. The standard InChI is InChI=1S/C17H23NO4/c19-16(7-3-14-9-11-22-12-10-14)18-15-5-1-13(2-6-15)4-8-17(20)21/h1-2,5-6,14H,3-4,7-12H2,(H,18,19)(H,20,21). The molecule has 2 rings (SSSR count). The van der Waals surface area contributed by atoms with Gasteiger partial charge in [0.05, 0.1) is 0 Å². The number of aryl methyl sites for hydroxylation is 1. The summed E-state index contributed by atoms with van der Waals surface area (Å²) in [7, 11) is 0. The highest BCUT2D eigenvalue weighted by atomic mass is 16.5. The lowest BCUT2D eigenvalue weighted by Gasteiger charge is -2.21. The molecule has 22 heavy (non-hydrogen) atoms. The van der Waals surface area contributed by atoms with Crippen molar-refractivity contribution in [3.05, 3.63) is 29.8 Å². The zero-order valence-electron chi connectivity index (χ0n) is 12.7. The Morgan fingerprint density at radius 1 is 1.14 bits per heavy atom. The van der Waals surface area contributed by atoms with Crippen molar-refractivity contribution < 1.29 is 19.4 Å². The molecule has 0 aliphatic carbocycles. The maximum atomic E-state index is 11.9. The van der Waals surface area contributed by atoms with Crippen LogP contribution in [-0.2, 0) is 20.7 Å². The number of carbonyl (C=O) groups excluding carboxylic acids is 1. The average Bonchev–Trinajstić information content (AvgIpc) is 2.53. The average molecular weight is 305 g/mol. The van der Waals surface area contributed by atoms with Crippen LogP contribution in [0.25, 0.3) is 0 Å². The number of nitrogens with one attached hydrogen (secondary N) is 1. The predicted molar refractivity (Wildman–Crippen MR) is 83.8 cm³/mol. The van der Waals surface area contributed by atoms with E-state index in [1.807, 2.05) is 24.3 Å². The van der Waals surface area contributed by atoms with Crippen molar-refractivity contribution in [2.24, 2.45) is 5.92 Å². The van der Waals surface area contributed by atoms with Gasteiger partial charge in [-0.1, -0.05) is 12.1 Å². The van der Waals surface area contributed by atoms with E-state index < -0.39 is 5.97 Å². The number of carbonyl (C=O) groups is 2. The molecule has 1 aliphatic heterocycles. The van der Waals surface area contributed by atoms with Crippen molar-refractivity contribution in [1.82, 2.24) is 0 Å². The Morgan fingerprint density at radius 2 is 1.82 bits per heavy atom. The Kier molecular flexibility index (Phi) is 6.40. The van der Waals surface area contributed by atoms with E-state index in [0.717, 1.165) is 43.7 Å². The molecule has 5 nitrogen and oxygen atoms in total. The highest BCUT2D eigenvalue weighted by Crippen LogP contribution is 2.20. The van der Waals surface area contributed by atoms with Gasteiger partial charge in [-0.25, -0.2) is 0 Å². The molecule has 0 bridgehead atoms. The summed E-state index contributed by atoms with van der Waals surface area (Å²) in [5, 5.41) is 11.5. The third-order valence-electron chi connectivity index (χ3n) is 3.99. The third kappa shape index (κ3) is 5.85. The molecule has 1 heterocycles. The van der Waals surface area contributed by atoms with Gasteiger partial charge in [0.15, 0.2) is 0 Å². The van der Waals surface area contributed by atoms with Gasteiger partial charge in [0.2, 0.25) is 5.91 Å². The topological polar surface area (TPSA) is 75.6 Å². The summed E-state index contributed by atoms with van der Waals surface area (Å²) in [6.07, 6.45) is 4.17. The number of aliphatic carboxylic acids is 1. The van der Waals surface area contributed by atoms with Gasteiger partial charge in [-0.3, -0.25) is 9.59 Å². The lowest BCUT2D eigenvalue weighted by molar-refractivity contribution is -0.137. The van der Waals surface area contributed by atoms with E-state index >= 15 is 0 Å². The minimum Gasteiger partial charge on any atom is -0.481 e. The van der Waals surface area contributed by atoms with E-state index in [0.29, 0.717) is 18.8 Å². The van der Waals surface area contributed by atoms with Gasteiger partial charge in [-0.15, -0.1) is 0 Å². The van der Waals surface area contributed by atoms with E-state index in [1.165, 1.54) is 0 Å². The van der Waals surface area contributed by atoms with E-state index in [4.69, 9.17) is 9.84 Å². The largest absolute Gasteiger partial charge is 0.481 e. The zero-order valence-corrected chi connectivity index (χ0v) is 12.7. The lowest BCUT2D eigenvalue weighted by Crippen LogP contribution is -2.18. The van der Waals surface area contributed by atoms with Crippen molar-refractivity contribution in [2.45, 2.75) is 38.5 Å². The van der Waals surface area contributed by atoms with Crippen LogP contribution in [0.1, 0.15) is 37.7 Å². The number of benzene rings is 1. The van der Waals surface area contributed by atoms with Crippen LogP contribution in [0, 0.1) is 5.92 Å². The molecule has 0 unspecified atom stereocenters. The second-order valence-corrected chi connectivity index (χ2v) is 5.73. The molecule has 1 amide bonds. The number of rotatable bonds is 7. The van der Waals surface area contributed by atoms with Crippen LogP contribution in [0.15, 0.2) is 24.3 Å². The molecule has 0 radical (unpaired) electrons. The van der Waals surface area contributed by atoms with E-state index in [2.05, 4.69) is 5.32 Å². The molecule has 1 fully saturated rings. The fourth-order valence-electron chi connectivity index (χ4n) is 2.60. The summed E-state index contributed by atoms with van der Waals surface area (Å²) in [4.78, 5) is 22.5. The first-order chi connectivity index (χ1) is 10.6. The first-order valence-corrected chi connectivity index (χ1v) is 7.82. The first-order valence-electron chi connectivity index (χ1n) is 7.82. The Bertz CT molecular complexity index is 492. The highest BCUT2D eigenvalue weighted by molar-refractivity contribution is 5.90. The summed E-state index contributed by atoms with van der Waals surface area (Å²) in [5.74, 6) is -0.173. The fraction of sp³-hybridized carbons (Fsp3) is 0.529. The molecule has 2 N–H and O–H groups in total. The van der Waals surface area contributed by atoms with Crippen molar-refractivity contribution in [3.63, 3.8) is 0 Å². The SMILES string of the molecule is O=C(O)CCc1ccc(NC(=O)CCC2CCOCC2)cc1. The van der Waals surface area contributed by atoms with Gasteiger partial charge in [-0.05, 0) is 49.3 Å². The Morgan fingerprint density at radius 3 is 2.45 bits per heavy atom. The smallest absolute Gasteiger partial charge is 0.303 e. The van der Waals surface area contributed by atoms with Gasteiger partial charge in [0.25, 0.3) is 0 Å². The van der Waals surface area contributed by atoms with E-state index in [9.17, 15) is 9.59 Å². The molecule has 0 spiro atoms. The van der Waals surface area contributed by atoms with Crippen molar-refractivity contribution in [2.75, 3.05) is 18.5 Å². The number of ether oxygens (including phenoxy) is 1. The molecule has 0 saturated carbocycles. The Balaban J connectivity index is 1.72. The third-order valence-corrected chi connectivity index (χ3v) is 3.99. The van der Waals surface area contributed by atoms with Gasteiger partial charge in [-0.2, -0.15) is 0 Å². The fourth-order valence-corrected chi connectivity index (χ4v) is 2.60. The van der Waals surface area contributed by atoms with Crippen LogP contribution in [-0.4, -0.2) is 30.2 Å². The normalized spacial score (nSPS) is 15.5. The van der Waals surface area contributed by atoms with Crippen LogP contribution in [0.2, 0.25) is 0 Å². The molecule has 1 aromatic carbocycles. The van der Waals surface area contributed by atoms with E-state index in [-0.39, 0.29) is 12.3 Å². The molecule has 120 valence electrons. The van der Waals surface area contributed by atoms with Crippen LogP contribution in [0.5, 0.6) is 0 Å². The van der Waals surface area contributed by atoms with Crippen LogP contribution in [0.4, 0.5) is 5.69 Å². The van der Waals surface area contributed by atoms with Crippen LogP contribution >= 0.6 is 0 Å². The molecular formula is C17H23NO4. The number of carboxylic acid groups (broad SMARTS) is 1. The number of amides is 1. The van der Waals surface area contributed by atoms with Gasteiger partial charge in [0.1, 0.15) is 0 Å². The number of anilines is 1. The van der Waals surface area contributed by atoms with Crippen LogP contribution in [0.3, 0.4) is 0 Å². The van der Waals surface area contributed by atoms with Crippen molar-refractivity contribution in [3.8, 4) is 0 Å². The van der Waals surface area contributed by atoms with E-state index in [1.54, 1.807) is 0 Å². The minimum absolute atomic E-state index is 0.0322. The molecular weight excluding hydrogens is 282 g/mol. The Labute approximate surface area is 130 Å². The molecule has 1 aliphatic rings. The van der Waals surface area contributed by atoms with Crippen molar-refractivity contribution >= 4 is 17.6 Å². The molecule has 1 aromatic rings. The number of hydrogen-bond acceptors (Lipinski definition) is 3. The predicted octanol–water partition coefficient (Wildman–Crippen LogP) is 2.85. The Hall–Kier alpha value is -1.88. The summed E-state index contributed by atoms with van der Waals surface area (Å²) < 4.78 is 5.31. The molecule has 1 saturated heterocycles. The summed E-state index contributed by atoms with van der Waals surface area (Å²) in [6, 6.07) is 7.36. The maximum absolute atomic E-state index is 11.9. The minimum atomic E-state index is -0.800. The second kappa shape index (κ2) is 8.54. The monoisotopic (exact) mass is 305 g/mol. The van der Waals surface area contributed by atoms with Gasteiger partial charge >= 0.3 is 5.97 Å². The maximum Gasteiger partial charge on any atom is 0.303 e. The highest BCUT2D eigenvalue weighted by Gasteiger charge is 2.15. The number of carboxylic acids is 1. The molecule has 5 heteroatoms. The number of hydrogen-bond donors (Lipinski definition) is 2.